The predicted molar refractivity (Wildman–Crippen MR) is 89.6 cm³/mol. The Morgan fingerprint density at radius 1 is 1.09 bits per heavy atom. The first-order valence-electron chi connectivity index (χ1n) is 7.82. The van der Waals surface area contributed by atoms with Crippen molar-refractivity contribution in [1.82, 2.24) is 14.9 Å². The molecule has 0 amide bonds. The number of likely N-dealkylation sites (tertiary alicyclic amines) is 1. The van der Waals surface area contributed by atoms with Crippen molar-refractivity contribution in [2.45, 2.75) is 18.9 Å². The fraction of sp³-hybridized carbons (Fsp3) is 0.263. The molecule has 110 valence electrons. The average Bonchev–Trinajstić information content (AvgIpc) is 3.00. The third kappa shape index (κ3) is 2.28. The molecule has 0 bridgehead atoms. The van der Waals surface area contributed by atoms with Crippen LogP contribution in [0.2, 0.25) is 0 Å². The van der Waals surface area contributed by atoms with Gasteiger partial charge >= 0.3 is 0 Å². The number of benzene rings is 1. The zero-order valence-corrected chi connectivity index (χ0v) is 12.7. The van der Waals surface area contributed by atoms with Gasteiger partial charge in [0, 0.05) is 35.6 Å². The summed E-state index contributed by atoms with van der Waals surface area (Å²) in [6.45, 7) is 1.16. The molecule has 1 fully saturated rings. The molecule has 3 nitrogen and oxygen atoms in total. The van der Waals surface area contributed by atoms with Gasteiger partial charge in [-0.15, -0.1) is 0 Å². The molecular weight excluding hydrogens is 270 g/mol. The zero-order valence-electron chi connectivity index (χ0n) is 12.7. The Morgan fingerprint density at radius 2 is 1.95 bits per heavy atom. The van der Waals surface area contributed by atoms with Crippen LogP contribution in [0.3, 0.4) is 0 Å². The molecule has 4 rings (SSSR count). The molecule has 1 aliphatic heterocycles. The molecule has 1 aromatic carbocycles. The molecule has 2 aromatic heterocycles. The van der Waals surface area contributed by atoms with Crippen molar-refractivity contribution in [3.05, 3.63) is 60.6 Å². The van der Waals surface area contributed by atoms with Crippen molar-refractivity contribution in [1.29, 1.82) is 0 Å². The van der Waals surface area contributed by atoms with Gasteiger partial charge in [0.15, 0.2) is 0 Å². The first-order valence-corrected chi connectivity index (χ1v) is 7.82. The van der Waals surface area contributed by atoms with Crippen LogP contribution < -0.4 is 0 Å². The van der Waals surface area contributed by atoms with Crippen molar-refractivity contribution in [2.75, 3.05) is 13.6 Å². The topological polar surface area (TPSA) is 29.0 Å². The van der Waals surface area contributed by atoms with Gasteiger partial charge in [-0.25, -0.2) is 0 Å². The summed E-state index contributed by atoms with van der Waals surface area (Å²) in [4.78, 5) is 11.5. The van der Waals surface area contributed by atoms with Gasteiger partial charge in [-0.1, -0.05) is 24.3 Å². The smallest absolute Gasteiger partial charge is 0.0712 e. The van der Waals surface area contributed by atoms with Crippen LogP contribution in [0.15, 0.2) is 55.0 Å². The van der Waals surface area contributed by atoms with E-state index in [1.165, 1.54) is 34.7 Å². The number of rotatable bonds is 2. The Kier molecular flexibility index (Phi) is 3.35. The Balaban J connectivity index is 1.84. The summed E-state index contributed by atoms with van der Waals surface area (Å²) in [6.07, 6.45) is 8.29. The van der Waals surface area contributed by atoms with Crippen molar-refractivity contribution < 1.29 is 0 Å². The largest absolute Gasteiger partial charge is 0.299 e. The first kappa shape index (κ1) is 13.4. The second-order valence-corrected chi connectivity index (χ2v) is 6.02. The maximum Gasteiger partial charge on any atom is 0.0712 e. The number of hydrogen-bond donors (Lipinski definition) is 0. The highest BCUT2D eigenvalue weighted by molar-refractivity contribution is 5.85. The van der Waals surface area contributed by atoms with Gasteiger partial charge in [-0.2, -0.15) is 0 Å². The molecular formula is C19H19N3. The van der Waals surface area contributed by atoms with Crippen LogP contribution in [-0.4, -0.2) is 28.5 Å². The van der Waals surface area contributed by atoms with E-state index in [0.29, 0.717) is 6.04 Å². The SMILES string of the molecule is CN1CCC[C@H]1c1cnccc1-c1cc2ccccc2cn1. The average molecular weight is 289 g/mol. The van der Waals surface area contributed by atoms with E-state index in [0.717, 1.165) is 12.2 Å². The highest BCUT2D eigenvalue weighted by Crippen LogP contribution is 2.36. The first-order chi connectivity index (χ1) is 10.8. The second-order valence-electron chi connectivity index (χ2n) is 6.02. The van der Waals surface area contributed by atoms with Crippen molar-refractivity contribution in [3.8, 4) is 11.3 Å². The Labute approximate surface area is 130 Å². The number of aromatic nitrogens is 2. The van der Waals surface area contributed by atoms with Gasteiger partial charge in [0.05, 0.1) is 5.69 Å². The normalized spacial score (nSPS) is 18.9. The van der Waals surface area contributed by atoms with Gasteiger partial charge in [-0.05, 0) is 49.5 Å². The molecule has 0 unspecified atom stereocenters. The fourth-order valence-corrected chi connectivity index (χ4v) is 3.44. The third-order valence-corrected chi connectivity index (χ3v) is 4.64. The van der Waals surface area contributed by atoms with E-state index < -0.39 is 0 Å². The van der Waals surface area contributed by atoms with Crippen LogP contribution in [0.25, 0.3) is 22.0 Å². The minimum Gasteiger partial charge on any atom is -0.299 e. The molecule has 0 N–H and O–H groups in total. The monoisotopic (exact) mass is 289 g/mol. The van der Waals surface area contributed by atoms with Crippen LogP contribution in [0.1, 0.15) is 24.4 Å². The Hall–Kier alpha value is -2.26. The van der Waals surface area contributed by atoms with Gasteiger partial charge in [0.25, 0.3) is 0 Å². The highest BCUT2D eigenvalue weighted by Gasteiger charge is 2.25. The maximum atomic E-state index is 4.69. The van der Waals surface area contributed by atoms with Crippen LogP contribution in [0.4, 0.5) is 0 Å². The van der Waals surface area contributed by atoms with Crippen LogP contribution in [0, 0.1) is 0 Å². The molecule has 3 heteroatoms. The molecule has 0 spiro atoms. The summed E-state index contributed by atoms with van der Waals surface area (Å²) in [5.41, 5.74) is 3.54. The summed E-state index contributed by atoms with van der Waals surface area (Å²) >= 11 is 0. The van der Waals surface area contributed by atoms with E-state index in [1.54, 1.807) is 0 Å². The van der Waals surface area contributed by atoms with Crippen LogP contribution in [0.5, 0.6) is 0 Å². The summed E-state index contributed by atoms with van der Waals surface area (Å²) in [5, 5.41) is 2.41. The van der Waals surface area contributed by atoms with Gasteiger partial charge in [0.2, 0.25) is 0 Å². The molecule has 0 saturated carbocycles. The number of nitrogens with zero attached hydrogens (tertiary/aromatic N) is 3. The number of hydrogen-bond acceptors (Lipinski definition) is 3. The Morgan fingerprint density at radius 3 is 2.77 bits per heavy atom. The molecule has 1 aliphatic rings. The fourth-order valence-electron chi connectivity index (χ4n) is 3.44. The quantitative estimate of drug-likeness (QED) is 0.712. The summed E-state index contributed by atoms with van der Waals surface area (Å²) < 4.78 is 0. The van der Waals surface area contributed by atoms with E-state index >= 15 is 0 Å². The minimum atomic E-state index is 0.456. The zero-order chi connectivity index (χ0) is 14.9. The summed E-state index contributed by atoms with van der Waals surface area (Å²) in [5.74, 6) is 0. The standard InChI is InChI=1S/C19H19N3/c1-22-10-4-7-19(22)17-13-20-9-8-16(17)18-11-14-5-2-3-6-15(14)12-21-18/h2-3,5-6,8-9,11-13,19H,4,7,10H2,1H3/t19-/m0/s1. The molecule has 1 saturated heterocycles. The lowest BCUT2D eigenvalue weighted by Crippen LogP contribution is -2.18. The molecule has 0 aliphatic carbocycles. The van der Waals surface area contributed by atoms with E-state index in [9.17, 15) is 0 Å². The summed E-state index contributed by atoms with van der Waals surface area (Å²) in [7, 11) is 2.20. The van der Waals surface area contributed by atoms with Crippen LogP contribution in [-0.2, 0) is 0 Å². The predicted octanol–water partition coefficient (Wildman–Crippen LogP) is 4.06. The van der Waals surface area contributed by atoms with E-state index in [4.69, 9.17) is 0 Å². The van der Waals surface area contributed by atoms with E-state index in [2.05, 4.69) is 58.3 Å². The molecule has 22 heavy (non-hydrogen) atoms. The van der Waals surface area contributed by atoms with Crippen molar-refractivity contribution >= 4 is 10.8 Å². The third-order valence-electron chi connectivity index (χ3n) is 4.64. The summed E-state index contributed by atoms with van der Waals surface area (Å²) in [6, 6.07) is 13.1. The van der Waals surface area contributed by atoms with Gasteiger partial charge in [-0.3, -0.25) is 14.9 Å². The second kappa shape index (κ2) is 5.50. The van der Waals surface area contributed by atoms with Crippen molar-refractivity contribution in [2.24, 2.45) is 0 Å². The molecule has 3 heterocycles. The van der Waals surface area contributed by atoms with Gasteiger partial charge in [0.1, 0.15) is 0 Å². The van der Waals surface area contributed by atoms with E-state index in [1.807, 2.05) is 18.6 Å². The lowest BCUT2D eigenvalue weighted by atomic mass is 9.97. The van der Waals surface area contributed by atoms with Crippen molar-refractivity contribution in [3.63, 3.8) is 0 Å². The Bertz CT molecular complexity index is 812. The van der Waals surface area contributed by atoms with Gasteiger partial charge < -0.3 is 0 Å². The molecule has 3 aromatic rings. The number of pyridine rings is 2. The highest BCUT2D eigenvalue weighted by atomic mass is 15.1. The molecule has 0 radical (unpaired) electrons. The van der Waals surface area contributed by atoms with E-state index in [-0.39, 0.29) is 0 Å². The lowest BCUT2D eigenvalue weighted by molar-refractivity contribution is 0.317. The molecule has 1 atom stereocenters. The minimum absolute atomic E-state index is 0.456. The lowest BCUT2D eigenvalue weighted by Gasteiger charge is -2.22. The maximum absolute atomic E-state index is 4.69. The number of fused-ring (bicyclic) bond motifs is 1. The van der Waals surface area contributed by atoms with Crippen LogP contribution >= 0.6 is 0 Å².